The molecule has 6 heteroatoms. The van der Waals surface area contributed by atoms with Crippen LogP contribution in [0.3, 0.4) is 0 Å². The van der Waals surface area contributed by atoms with E-state index in [4.69, 9.17) is 32.6 Å². The predicted molar refractivity (Wildman–Crippen MR) is 134 cm³/mol. The highest BCUT2D eigenvalue weighted by molar-refractivity contribution is 6.42. The number of aromatic nitrogens is 1. The van der Waals surface area contributed by atoms with E-state index in [2.05, 4.69) is 51.2 Å². The lowest BCUT2D eigenvalue weighted by molar-refractivity contribution is -0.907. The Hall–Kier alpha value is -1.75. The van der Waals surface area contributed by atoms with Crippen LogP contribution in [0, 0.1) is 25.7 Å². The second-order valence-electron chi connectivity index (χ2n) is 9.77. The molecule has 3 aromatic rings. The third-order valence-electron chi connectivity index (χ3n) is 6.95. The van der Waals surface area contributed by atoms with Crippen molar-refractivity contribution in [3.63, 3.8) is 0 Å². The second kappa shape index (κ2) is 10.0. The molecule has 4 rings (SSSR count). The maximum atomic E-state index is 6.19. The molecule has 2 aromatic carbocycles. The molecule has 1 saturated heterocycles. The molecule has 1 aromatic heterocycles. The first-order valence-corrected chi connectivity index (χ1v) is 12.5. The van der Waals surface area contributed by atoms with Crippen LogP contribution in [0.2, 0.25) is 10.0 Å². The molecule has 0 bridgehead atoms. The van der Waals surface area contributed by atoms with Crippen LogP contribution >= 0.6 is 23.2 Å². The van der Waals surface area contributed by atoms with Gasteiger partial charge < -0.3 is 14.6 Å². The number of likely N-dealkylation sites (tertiary alicyclic amines) is 1. The minimum absolute atomic E-state index is 0.326. The van der Waals surface area contributed by atoms with Gasteiger partial charge in [0.05, 0.1) is 35.7 Å². The molecule has 0 saturated carbocycles. The molecule has 1 atom stereocenters. The van der Waals surface area contributed by atoms with Crippen LogP contribution in [0.5, 0.6) is 0 Å². The van der Waals surface area contributed by atoms with Crippen LogP contribution in [-0.4, -0.2) is 30.7 Å². The lowest BCUT2D eigenvalue weighted by Crippen LogP contribution is -3.14. The Bertz CT molecular complexity index is 1030. The number of hydrogen-bond acceptors (Lipinski definition) is 3. The van der Waals surface area contributed by atoms with Gasteiger partial charge in [0, 0.05) is 0 Å². The van der Waals surface area contributed by atoms with Gasteiger partial charge in [-0.1, -0.05) is 43.1 Å². The number of aryl methyl sites for hydroxylation is 2. The van der Waals surface area contributed by atoms with Crippen LogP contribution in [-0.2, 0) is 6.42 Å². The molecule has 0 amide bonds. The first-order chi connectivity index (χ1) is 15.3. The van der Waals surface area contributed by atoms with E-state index < -0.39 is 0 Å². The number of piperidine rings is 1. The van der Waals surface area contributed by atoms with Crippen molar-refractivity contribution in [2.45, 2.75) is 53.0 Å². The Balaban J connectivity index is 1.33. The molecule has 0 unspecified atom stereocenters. The van der Waals surface area contributed by atoms with E-state index in [0.717, 1.165) is 24.1 Å². The molecular weight excluding hydrogens is 441 g/mol. The van der Waals surface area contributed by atoms with Crippen molar-refractivity contribution in [2.24, 2.45) is 11.8 Å². The van der Waals surface area contributed by atoms with Crippen molar-refractivity contribution in [1.82, 2.24) is 4.98 Å². The number of halogens is 2. The molecule has 32 heavy (non-hydrogen) atoms. The average molecular weight is 475 g/mol. The molecule has 1 aliphatic rings. The van der Waals surface area contributed by atoms with Gasteiger partial charge in [-0.3, -0.25) is 0 Å². The van der Waals surface area contributed by atoms with Gasteiger partial charge in [-0.05, 0) is 85.9 Å². The van der Waals surface area contributed by atoms with Gasteiger partial charge in [0.1, 0.15) is 5.52 Å². The number of hydrogen-bond donors (Lipinski definition) is 2. The molecule has 0 spiro atoms. The summed E-state index contributed by atoms with van der Waals surface area (Å²) in [7, 11) is 0. The number of nitrogens with zero attached hydrogens (tertiary/aromatic N) is 1. The van der Waals surface area contributed by atoms with Crippen LogP contribution in [0.15, 0.2) is 34.7 Å². The van der Waals surface area contributed by atoms with Crippen LogP contribution in [0.25, 0.3) is 11.1 Å². The van der Waals surface area contributed by atoms with E-state index >= 15 is 0 Å². The summed E-state index contributed by atoms with van der Waals surface area (Å²) < 4.78 is 6.02. The predicted octanol–water partition coefficient (Wildman–Crippen LogP) is 5.73. The molecule has 2 N–H and O–H groups in total. The lowest BCUT2D eigenvalue weighted by Gasteiger charge is -2.33. The second-order valence-corrected chi connectivity index (χ2v) is 10.6. The number of nitrogens with one attached hydrogen (secondary N) is 2. The molecule has 2 heterocycles. The molecule has 4 nitrogen and oxygen atoms in total. The zero-order chi connectivity index (χ0) is 22.8. The van der Waals surface area contributed by atoms with Gasteiger partial charge in [0.25, 0.3) is 6.01 Å². The van der Waals surface area contributed by atoms with Crippen molar-refractivity contribution in [2.75, 3.05) is 25.0 Å². The molecule has 1 fully saturated rings. The summed E-state index contributed by atoms with van der Waals surface area (Å²) in [6.45, 7) is 12.2. The summed E-state index contributed by atoms with van der Waals surface area (Å²) in [6, 6.07) is 11.2. The fourth-order valence-electron chi connectivity index (χ4n) is 4.66. The Morgan fingerprint density at radius 1 is 1.06 bits per heavy atom. The number of quaternary nitrogens is 1. The maximum Gasteiger partial charge on any atom is 0.296 e. The third-order valence-corrected chi connectivity index (χ3v) is 7.69. The van der Waals surface area contributed by atoms with Gasteiger partial charge >= 0.3 is 0 Å². The quantitative estimate of drug-likeness (QED) is 0.459. The highest BCUT2D eigenvalue weighted by atomic mass is 35.5. The Morgan fingerprint density at radius 2 is 1.78 bits per heavy atom. The van der Waals surface area contributed by atoms with Crippen molar-refractivity contribution in [3.8, 4) is 0 Å². The monoisotopic (exact) mass is 474 g/mol. The molecule has 1 aliphatic heterocycles. The first-order valence-electron chi connectivity index (χ1n) is 11.7. The van der Waals surface area contributed by atoms with Crippen molar-refractivity contribution in [1.29, 1.82) is 0 Å². The molecule has 172 valence electrons. The normalized spacial score (nSPS) is 20.1. The Kier molecular flexibility index (Phi) is 7.34. The van der Waals surface area contributed by atoms with Gasteiger partial charge in [0.15, 0.2) is 5.58 Å². The zero-order valence-corrected chi connectivity index (χ0v) is 21.0. The number of benzene rings is 2. The highest BCUT2D eigenvalue weighted by Gasteiger charge is 2.27. The minimum atomic E-state index is 0.326. The van der Waals surface area contributed by atoms with Gasteiger partial charge in [-0.15, -0.1) is 0 Å². The number of oxazole rings is 1. The smallest absolute Gasteiger partial charge is 0.296 e. The minimum Gasteiger partial charge on any atom is -0.424 e. The van der Waals surface area contributed by atoms with E-state index in [1.165, 1.54) is 42.6 Å². The zero-order valence-electron chi connectivity index (χ0n) is 19.5. The van der Waals surface area contributed by atoms with Crippen molar-refractivity contribution in [3.05, 3.63) is 57.1 Å². The average Bonchev–Trinajstić information content (AvgIpc) is 3.13. The van der Waals surface area contributed by atoms with E-state index in [0.29, 0.717) is 33.9 Å². The fraction of sp³-hybridized carbons (Fsp3) is 0.500. The van der Waals surface area contributed by atoms with E-state index in [1.54, 1.807) is 4.90 Å². The summed E-state index contributed by atoms with van der Waals surface area (Å²) in [5.74, 6) is 1.21. The van der Waals surface area contributed by atoms with Gasteiger partial charge in [-0.2, -0.15) is 4.98 Å². The summed E-state index contributed by atoms with van der Waals surface area (Å²) in [5, 5.41) is 4.88. The SMILES string of the molecule is Cc1cc2nc(N[C@H](C[NH+]3CCC(Cc4ccc(Cl)c(Cl)c4)CC3)C(C)C)oc2cc1C. The first kappa shape index (κ1) is 23.4. The summed E-state index contributed by atoms with van der Waals surface area (Å²) in [4.78, 5) is 6.35. The number of anilines is 1. The number of fused-ring (bicyclic) bond motifs is 1. The third kappa shape index (κ3) is 5.59. The Labute approximate surface area is 201 Å². The molecular formula is C26H34Cl2N3O+. The lowest BCUT2D eigenvalue weighted by atomic mass is 9.89. The summed E-state index contributed by atoms with van der Waals surface area (Å²) >= 11 is 12.3. The van der Waals surface area contributed by atoms with Crippen molar-refractivity contribution >= 4 is 40.3 Å². The van der Waals surface area contributed by atoms with E-state index in [-0.39, 0.29) is 0 Å². The summed E-state index contributed by atoms with van der Waals surface area (Å²) in [5.41, 5.74) is 5.54. The van der Waals surface area contributed by atoms with E-state index in [9.17, 15) is 0 Å². The largest absolute Gasteiger partial charge is 0.424 e. The van der Waals surface area contributed by atoms with Crippen molar-refractivity contribution < 1.29 is 9.32 Å². The molecule has 0 aliphatic carbocycles. The van der Waals surface area contributed by atoms with Crippen LogP contribution < -0.4 is 10.2 Å². The topological polar surface area (TPSA) is 42.5 Å². The standard InChI is InChI=1S/C26H33Cl2N3O/c1-16(2)24(30-26-29-23-11-17(3)18(4)12-25(23)32-26)15-31-9-7-19(8-10-31)13-20-5-6-21(27)22(28)14-20/h5-6,11-12,14,16,19,24H,7-10,13,15H2,1-4H3,(H,29,30)/p+1/t24-/m1/s1. The highest BCUT2D eigenvalue weighted by Crippen LogP contribution is 2.26. The van der Waals surface area contributed by atoms with E-state index in [1.807, 2.05) is 12.1 Å². The maximum absolute atomic E-state index is 6.19. The van der Waals surface area contributed by atoms with Gasteiger partial charge in [0.2, 0.25) is 0 Å². The molecule has 0 radical (unpaired) electrons. The van der Waals surface area contributed by atoms with Crippen LogP contribution in [0.4, 0.5) is 6.01 Å². The Morgan fingerprint density at radius 3 is 2.47 bits per heavy atom. The summed E-state index contributed by atoms with van der Waals surface area (Å²) in [6.07, 6.45) is 3.56. The number of rotatable bonds is 7. The van der Waals surface area contributed by atoms with Crippen LogP contribution in [0.1, 0.15) is 43.4 Å². The van der Waals surface area contributed by atoms with Gasteiger partial charge in [-0.25, -0.2) is 0 Å². The fourth-order valence-corrected chi connectivity index (χ4v) is 4.98.